The van der Waals surface area contributed by atoms with E-state index in [-0.39, 0.29) is 30.5 Å². The van der Waals surface area contributed by atoms with Crippen LogP contribution in [0.25, 0.3) is 11.4 Å². The van der Waals surface area contributed by atoms with E-state index < -0.39 is 17.6 Å². The van der Waals surface area contributed by atoms with E-state index in [1.54, 1.807) is 18.2 Å². The molecule has 0 bridgehead atoms. The van der Waals surface area contributed by atoms with E-state index in [0.29, 0.717) is 22.9 Å². The largest absolute Gasteiger partial charge is 0.497 e. The molecule has 4 rings (SSSR count). The maximum atomic E-state index is 14.1. The fourth-order valence-corrected chi connectivity index (χ4v) is 3.25. The predicted molar refractivity (Wildman–Crippen MR) is 98.9 cm³/mol. The van der Waals surface area contributed by atoms with Gasteiger partial charge in [0.2, 0.25) is 17.6 Å². The molecule has 1 unspecified atom stereocenters. The summed E-state index contributed by atoms with van der Waals surface area (Å²) in [5, 5.41) is 3.98. The summed E-state index contributed by atoms with van der Waals surface area (Å²) in [6, 6.07) is 8.16. The number of carbonyl (C=O) groups excluding carboxylic acids is 1. The molecular weight excluding hydrogens is 384 g/mol. The van der Waals surface area contributed by atoms with Crippen molar-refractivity contribution in [1.29, 1.82) is 0 Å². The van der Waals surface area contributed by atoms with E-state index in [9.17, 15) is 13.6 Å². The Morgan fingerprint density at radius 2 is 1.83 bits per heavy atom. The number of amides is 1. The lowest BCUT2D eigenvalue weighted by Crippen LogP contribution is -2.25. The highest BCUT2D eigenvalue weighted by Gasteiger charge is 2.36. The Hall–Kier alpha value is -3.49. The Balaban J connectivity index is 1.59. The van der Waals surface area contributed by atoms with Crippen molar-refractivity contribution in [1.82, 2.24) is 10.1 Å². The van der Waals surface area contributed by atoms with Crippen molar-refractivity contribution in [3.05, 3.63) is 53.9 Å². The molecule has 2 heterocycles. The first-order valence-electron chi connectivity index (χ1n) is 8.81. The first-order valence-corrected chi connectivity index (χ1v) is 8.81. The van der Waals surface area contributed by atoms with E-state index >= 15 is 0 Å². The van der Waals surface area contributed by atoms with Crippen molar-refractivity contribution >= 4 is 11.6 Å². The summed E-state index contributed by atoms with van der Waals surface area (Å²) in [6.45, 7) is 0.113. The Kier molecular flexibility index (Phi) is 4.87. The van der Waals surface area contributed by atoms with Gasteiger partial charge in [-0.15, -0.1) is 0 Å². The number of benzene rings is 2. The molecule has 1 atom stereocenters. The van der Waals surface area contributed by atoms with Gasteiger partial charge in [-0.25, -0.2) is 8.78 Å². The van der Waals surface area contributed by atoms with Gasteiger partial charge >= 0.3 is 0 Å². The lowest BCUT2D eigenvalue weighted by molar-refractivity contribution is -0.117. The van der Waals surface area contributed by atoms with E-state index in [1.165, 1.54) is 19.1 Å². The third-order valence-electron chi connectivity index (χ3n) is 4.72. The normalized spacial score (nSPS) is 16.3. The molecule has 1 aliphatic heterocycles. The summed E-state index contributed by atoms with van der Waals surface area (Å²) in [5.74, 6) is -0.389. The maximum absolute atomic E-state index is 14.1. The molecule has 9 heteroatoms. The molecule has 1 aliphatic rings. The van der Waals surface area contributed by atoms with E-state index in [0.717, 1.165) is 18.2 Å². The third kappa shape index (κ3) is 3.63. The summed E-state index contributed by atoms with van der Waals surface area (Å²) < 4.78 is 43.4. The molecule has 29 heavy (non-hydrogen) atoms. The minimum absolute atomic E-state index is 0.0546. The Morgan fingerprint density at radius 1 is 1.10 bits per heavy atom. The van der Waals surface area contributed by atoms with Crippen LogP contribution in [0.15, 0.2) is 40.9 Å². The van der Waals surface area contributed by atoms with E-state index in [1.807, 2.05) is 0 Å². The van der Waals surface area contributed by atoms with Crippen LogP contribution in [0.1, 0.15) is 18.2 Å². The molecule has 0 aliphatic carbocycles. The van der Waals surface area contributed by atoms with Crippen LogP contribution in [0.3, 0.4) is 0 Å². The third-order valence-corrected chi connectivity index (χ3v) is 4.72. The van der Waals surface area contributed by atoms with E-state index in [2.05, 4.69) is 10.1 Å². The van der Waals surface area contributed by atoms with Gasteiger partial charge in [-0.2, -0.15) is 4.98 Å². The highest BCUT2D eigenvalue weighted by molar-refractivity contribution is 5.96. The zero-order valence-electron chi connectivity index (χ0n) is 15.7. The molecule has 0 saturated carbocycles. The molecule has 1 fully saturated rings. The minimum Gasteiger partial charge on any atom is -0.497 e. The number of hydrogen-bond acceptors (Lipinski definition) is 6. The highest BCUT2D eigenvalue weighted by Crippen LogP contribution is 2.34. The van der Waals surface area contributed by atoms with Crippen LogP contribution in [0, 0.1) is 11.6 Å². The Morgan fingerprint density at radius 3 is 2.52 bits per heavy atom. The fraction of sp³-hybridized carbons (Fsp3) is 0.250. The van der Waals surface area contributed by atoms with Crippen molar-refractivity contribution in [3.63, 3.8) is 0 Å². The number of halogens is 2. The van der Waals surface area contributed by atoms with Crippen LogP contribution in [0.5, 0.6) is 11.5 Å². The van der Waals surface area contributed by atoms with Crippen molar-refractivity contribution in [2.45, 2.75) is 12.3 Å². The van der Waals surface area contributed by atoms with Crippen LogP contribution < -0.4 is 14.4 Å². The first kappa shape index (κ1) is 18.9. The van der Waals surface area contributed by atoms with E-state index in [4.69, 9.17) is 14.0 Å². The topological polar surface area (TPSA) is 77.7 Å². The van der Waals surface area contributed by atoms with Gasteiger partial charge in [0.05, 0.1) is 25.8 Å². The van der Waals surface area contributed by atoms with Crippen LogP contribution in [0.2, 0.25) is 0 Å². The van der Waals surface area contributed by atoms with Crippen LogP contribution in [-0.4, -0.2) is 36.8 Å². The number of anilines is 1. The van der Waals surface area contributed by atoms with Gasteiger partial charge in [-0.1, -0.05) is 5.16 Å². The van der Waals surface area contributed by atoms with Crippen LogP contribution in [0.4, 0.5) is 14.5 Å². The number of aromatic nitrogens is 2. The predicted octanol–water partition coefficient (Wildman–Crippen LogP) is 3.55. The average Bonchev–Trinajstić information content (AvgIpc) is 3.36. The molecule has 1 saturated heterocycles. The highest BCUT2D eigenvalue weighted by atomic mass is 19.1. The van der Waals surface area contributed by atoms with Gasteiger partial charge in [-0.3, -0.25) is 4.79 Å². The number of rotatable bonds is 5. The Bertz CT molecular complexity index is 1050. The quantitative estimate of drug-likeness (QED) is 0.651. The van der Waals surface area contributed by atoms with Gasteiger partial charge in [0, 0.05) is 30.7 Å². The molecule has 7 nitrogen and oxygen atoms in total. The first-order chi connectivity index (χ1) is 14.0. The Labute approximate surface area is 164 Å². The second-order valence-corrected chi connectivity index (χ2v) is 6.56. The lowest BCUT2D eigenvalue weighted by Gasteiger charge is -2.16. The van der Waals surface area contributed by atoms with Crippen LogP contribution in [-0.2, 0) is 4.79 Å². The molecule has 0 N–H and O–H groups in total. The monoisotopic (exact) mass is 401 g/mol. The van der Waals surface area contributed by atoms with Crippen molar-refractivity contribution in [3.8, 4) is 22.9 Å². The molecule has 1 aromatic heterocycles. The average molecular weight is 401 g/mol. The lowest BCUT2D eigenvalue weighted by atomic mass is 10.1. The van der Waals surface area contributed by atoms with Gasteiger partial charge in [0.15, 0.2) is 0 Å². The number of carbonyl (C=O) groups is 1. The minimum atomic E-state index is -0.671. The van der Waals surface area contributed by atoms with Gasteiger partial charge in [0.1, 0.15) is 23.1 Å². The fourth-order valence-electron chi connectivity index (χ4n) is 3.25. The summed E-state index contributed by atoms with van der Waals surface area (Å²) in [7, 11) is 3.06. The number of hydrogen-bond donors (Lipinski definition) is 0. The zero-order chi connectivity index (χ0) is 20.5. The number of ether oxygens (including phenoxy) is 2. The molecular formula is C20H17F2N3O4. The molecule has 0 spiro atoms. The van der Waals surface area contributed by atoms with Crippen molar-refractivity contribution in [2.24, 2.45) is 0 Å². The number of nitrogens with zero attached hydrogens (tertiary/aromatic N) is 3. The van der Waals surface area contributed by atoms with Crippen LogP contribution >= 0.6 is 0 Å². The van der Waals surface area contributed by atoms with Gasteiger partial charge in [0.25, 0.3) is 0 Å². The smallest absolute Gasteiger partial charge is 0.232 e. The maximum Gasteiger partial charge on any atom is 0.232 e. The second-order valence-electron chi connectivity index (χ2n) is 6.56. The summed E-state index contributed by atoms with van der Waals surface area (Å²) in [4.78, 5) is 18.0. The second kappa shape index (κ2) is 7.50. The summed E-state index contributed by atoms with van der Waals surface area (Å²) >= 11 is 0. The standard InChI is InChI=1S/C20H17F2N3O4/c1-27-14-5-11(6-15(9-14)28-2)19-23-20(29-24-19)12-7-18(26)25(10-12)17-8-13(21)3-4-16(17)22/h3-6,8-9,12H,7,10H2,1-2H3. The van der Waals surface area contributed by atoms with Gasteiger partial charge in [-0.05, 0) is 24.3 Å². The molecule has 2 aromatic carbocycles. The zero-order valence-corrected chi connectivity index (χ0v) is 15.7. The summed E-state index contributed by atoms with van der Waals surface area (Å²) in [6.07, 6.45) is 0.0546. The SMILES string of the molecule is COc1cc(OC)cc(-c2noc(C3CC(=O)N(c4cc(F)ccc4F)C3)n2)c1. The van der Waals surface area contributed by atoms with Gasteiger partial charge < -0.3 is 18.9 Å². The van der Waals surface area contributed by atoms with Crippen molar-refractivity contribution in [2.75, 3.05) is 25.7 Å². The molecule has 0 radical (unpaired) electrons. The number of methoxy groups -OCH3 is 2. The molecule has 1 amide bonds. The van der Waals surface area contributed by atoms with Crippen molar-refractivity contribution < 1.29 is 27.6 Å². The molecule has 150 valence electrons. The summed E-state index contributed by atoms with van der Waals surface area (Å²) in [5.41, 5.74) is 0.517. The molecule has 3 aromatic rings.